The molecule has 0 spiro atoms. The molecule has 1 saturated heterocycles. The van der Waals surface area contributed by atoms with Crippen LogP contribution in [0.4, 0.5) is 0 Å². The normalized spacial score (nSPS) is 29.2. The van der Waals surface area contributed by atoms with Gasteiger partial charge in [-0.25, -0.2) is 0 Å². The fourth-order valence-electron chi connectivity index (χ4n) is 3.55. The first-order valence-electron chi connectivity index (χ1n) is 7.30. The summed E-state index contributed by atoms with van der Waals surface area (Å²) in [5.41, 5.74) is 0.577. The maximum absolute atomic E-state index is 12.4. The molecule has 1 N–H and O–H groups in total. The van der Waals surface area contributed by atoms with E-state index >= 15 is 0 Å². The van der Waals surface area contributed by atoms with Gasteiger partial charge in [-0.2, -0.15) is 5.10 Å². The van der Waals surface area contributed by atoms with Gasteiger partial charge in [0.2, 0.25) is 0 Å². The van der Waals surface area contributed by atoms with Crippen molar-refractivity contribution in [1.29, 1.82) is 0 Å². The first kappa shape index (κ1) is 13.4. The molecule has 1 aliphatic carbocycles. The highest BCUT2D eigenvalue weighted by Crippen LogP contribution is 2.37. The number of nitrogens with zero attached hydrogens (tertiary/aromatic N) is 2. The summed E-state index contributed by atoms with van der Waals surface area (Å²) in [5, 5.41) is 6.62. The zero-order valence-corrected chi connectivity index (χ0v) is 11.6. The van der Waals surface area contributed by atoms with Gasteiger partial charge < -0.3 is 9.64 Å². The molecule has 20 heavy (non-hydrogen) atoms. The highest BCUT2D eigenvalue weighted by atomic mass is 16.5. The van der Waals surface area contributed by atoms with E-state index in [0.29, 0.717) is 24.1 Å². The van der Waals surface area contributed by atoms with Gasteiger partial charge >= 0.3 is 0 Å². The Balaban J connectivity index is 1.70. The van der Waals surface area contributed by atoms with E-state index in [1.807, 2.05) is 4.90 Å². The van der Waals surface area contributed by atoms with Crippen LogP contribution < -0.4 is 0 Å². The second-order valence-corrected chi connectivity index (χ2v) is 5.72. The van der Waals surface area contributed by atoms with Crippen LogP contribution in [-0.2, 0) is 4.74 Å². The molecule has 1 saturated carbocycles. The number of carbonyl (C=O) groups is 1. The molecule has 2 bridgehead atoms. The largest absolute Gasteiger partial charge is 0.373 e. The summed E-state index contributed by atoms with van der Waals surface area (Å²) < 4.78 is 5.94. The number of likely N-dealkylation sites (tertiary alicyclic amines) is 1. The molecular formula is C15H21N3O2. The minimum absolute atomic E-state index is 0.0570. The van der Waals surface area contributed by atoms with Gasteiger partial charge in [-0.3, -0.25) is 9.89 Å². The van der Waals surface area contributed by atoms with Gasteiger partial charge in [0.25, 0.3) is 5.91 Å². The van der Waals surface area contributed by atoms with Gasteiger partial charge in [-0.15, -0.1) is 6.58 Å². The summed E-state index contributed by atoms with van der Waals surface area (Å²) in [5.74, 6) is 0.963. The van der Waals surface area contributed by atoms with Crippen LogP contribution in [-0.4, -0.2) is 46.8 Å². The van der Waals surface area contributed by atoms with Gasteiger partial charge in [-0.05, 0) is 18.9 Å². The van der Waals surface area contributed by atoms with Crippen molar-refractivity contribution in [2.75, 3.05) is 19.7 Å². The van der Waals surface area contributed by atoms with Gasteiger partial charge in [0.1, 0.15) is 5.69 Å². The van der Waals surface area contributed by atoms with Crippen molar-refractivity contribution in [3.63, 3.8) is 0 Å². The zero-order valence-electron chi connectivity index (χ0n) is 11.6. The third-order valence-corrected chi connectivity index (χ3v) is 4.41. The van der Waals surface area contributed by atoms with Crippen LogP contribution in [0.3, 0.4) is 0 Å². The second kappa shape index (κ2) is 5.79. The fourth-order valence-corrected chi connectivity index (χ4v) is 3.55. The molecule has 1 aromatic rings. The number of piperidine rings is 1. The van der Waals surface area contributed by atoms with Crippen molar-refractivity contribution in [2.24, 2.45) is 11.8 Å². The van der Waals surface area contributed by atoms with Crippen molar-refractivity contribution < 1.29 is 9.53 Å². The predicted octanol–water partition coefficient (Wildman–Crippen LogP) is 1.85. The van der Waals surface area contributed by atoms with Gasteiger partial charge in [0.15, 0.2) is 0 Å². The van der Waals surface area contributed by atoms with Crippen molar-refractivity contribution in [3.8, 4) is 0 Å². The van der Waals surface area contributed by atoms with E-state index in [1.54, 1.807) is 18.3 Å². The monoisotopic (exact) mass is 275 g/mol. The van der Waals surface area contributed by atoms with Crippen molar-refractivity contribution in [3.05, 3.63) is 30.6 Å². The molecule has 5 nitrogen and oxygen atoms in total. The van der Waals surface area contributed by atoms with E-state index in [2.05, 4.69) is 16.8 Å². The SMILES string of the molecule is C=CCOC1C2CCCC1CN(C(=O)c1ccn[nH]1)C2. The fraction of sp³-hybridized carbons (Fsp3) is 0.600. The summed E-state index contributed by atoms with van der Waals surface area (Å²) in [6.45, 7) is 5.89. The Bertz CT molecular complexity index is 457. The quantitative estimate of drug-likeness (QED) is 0.853. The Hall–Kier alpha value is -1.62. The van der Waals surface area contributed by atoms with E-state index in [-0.39, 0.29) is 12.0 Å². The number of hydrogen-bond donors (Lipinski definition) is 1. The topological polar surface area (TPSA) is 58.2 Å². The van der Waals surface area contributed by atoms with Gasteiger partial charge in [-0.1, -0.05) is 12.5 Å². The number of rotatable bonds is 4. The summed E-state index contributed by atoms with van der Waals surface area (Å²) in [6.07, 6.45) is 7.24. The van der Waals surface area contributed by atoms with Crippen molar-refractivity contribution in [2.45, 2.75) is 25.4 Å². The molecule has 0 radical (unpaired) electrons. The Kier molecular flexibility index (Phi) is 3.87. The van der Waals surface area contributed by atoms with E-state index in [9.17, 15) is 4.79 Å². The van der Waals surface area contributed by atoms with E-state index in [1.165, 1.54) is 6.42 Å². The Morgan fingerprint density at radius 3 is 2.85 bits per heavy atom. The average molecular weight is 275 g/mol. The van der Waals surface area contributed by atoms with Crippen molar-refractivity contribution >= 4 is 5.91 Å². The molecule has 2 aliphatic rings. The zero-order chi connectivity index (χ0) is 13.9. The third kappa shape index (κ3) is 2.50. The van der Waals surface area contributed by atoms with E-state index in [4.69, 9.17) is 4.74 Å². The molecule has 2 unspecified atom stereocenters. The number of aromatic amines is 1. The predicted molar refractivity (Wildman–Crippen MR) is 75.3 cm³/mol. The number of H-pyrrole nitrogens is 1. The van der Waals surface area contributed by atoms with E-state index in [0.717, 1.165) is 25.9 Å². The molecule has 3 rings (SSSR count). The number of hydrogen-bond acceptors (Lipinski definition) is 3. The molecule has 1 amide bonds. The molecule has 108 valence electrons. The van der Waals surface area contributed by atoms with Crippen LogP contribution in [0.5, 0.6) is 0 Å². The molecule has 1 aliphatic heterocycles. The number of amides is 1. The lowest BCUT2D eigenvalue weighted by molar-refractivity contribution is -0.0772. The first-order chi connectivity index (χ1) is 9.79. The number of fused-ring (bicyclic) bond motifs is 2. The third-order valence-electron chi connectivity index (χ3n) is 4.41. The van der Waals surface area contributed by atoms with E-state index < -0.39 is 0 Å². The summed E-state index contributed by atoms with van der Waals surface area (Å²) in [7, 11) is 0. The van der Waals surface area contributed by atoms with Crippen LogP contribution in [0.15, 0.2) is 24.9 Å². The molecule has 2 fully saturated rings. The highest BCUT2D eigenvalue weighted by molar-refractivity contribution is 5.92. The van der Waals surface area contributed by atoms with Crippen LogP contribution in [0.25, 0.3) is 0 Å². The molecular weight excluding hydrogens is 254 g/mol. The minimum atomic E-state index is 0.0570. The Morgan fingerprint density at radius 1 is 1.50 bits per heavy atom. The summed E-state index contributed by atoms with van der Waals surface area (Å²) >= 11 is 0. The maximum atomic E-state index is 12.4. The summed E-state index contributed by atoms with van der Waals surface area (Å²) in [6, 6.07) is 1.73. The highest BCUT2D eigenvalue weighted by Gasteiger charge is 2.41. The number of carbonyl (C=O) groups excluding carboxylic acids is 1. The lowest BCUT2D eigenvalue weighted by Crippen LogP contribution is -2.54. The van der Waals surface area contributed by atoms with Gasteiger partial charge in [0.05, 0.1) is 12.7 Å². The Morgan fingerprint density at radius 2 is 2.25 bits per heavy atom. The number of ether oxygens (including phenoxy) is 1. The average Bonchev–Trinajstić information content (AvgIpc) is 2.97. The smallest absolute Gasteiger partial charge is 0.271 e. The molecule has 2 heterocycles. The minimum Gasteiger partial charge on any atom is -0.373 e. The molecule has 5 heteroatoms. The van der Waals surface area contributed by atoms with Crippen molar-refractivity contribution in [1.82, 2.24) is 15.1 Å². The lowest BCUT2D eigenvalue weighted by Gasteiger charge is -2.46. The van der Waals surface area contributed by atoms with Crippen LogP contribution in [0, 0.1) is 11.8 Å². The maximum Gasteiger partial charge on any atom is 0.271 e. The molecule has 2 atom stereocenters. The standard InChI is InChI=1S/C15H21N3O2/c1-2-8-20-14-11-4-3-5-12(14)10-18(9-11)15(19)13-6-7-16-17-13/h2,6-7,11-12,14H,1,3-5,8-10H2,(H,16,17). The summed E-state index contributed by atoms with van der Waals surface area (Å²) in [4.78, 5) is 14.4. The second-order valence-electron chi connectivity index (χ2n) is 5.72. The van der Waals surface area contributed by atoms with Gasteiger partial charge in [0, 0.05) is 31.1 Å². The van der Waals surface area contributed by atoms with Crippen LogP contribution in [0.1, 0.15) is 29.8 Å². The number of aromatic nitrogens is 2. The molecule has 1 aromatic heterocycles. The number of nitrogens with one attached hydrogen (secondary N) is 1. The lowest BCUT2D eigenvalue weighted by atomic mass is 9.75. The van der Waals surface area contributed by atoms with Crippen LogP contribution in [0.2, 0.25) is 0 Å². The Labute approximate surface area is 119 Å². The van der Waals surface area contributed by atoms with Crippen LogP contribution >= 0.6 is 0 Å². The molecule has 0 aromatic carbocycles. The first-order valence-corrected chi connectivity index (χ1v) is 7.30.